The Hall–Kier alpha value is -1.69. The van der Waals surface area contributed by atoms with Gasteiger partial charge in [-0.25, -0.2) is 0 Å². The van der Waals surface area contributed by atoms with E-state index in [0.717, 1.165) is 19.5 Å². The molecule has 0 unspecified atom stereocenters. The number of thiophene rings is 1. The second-order valence-corrected chi connectivity index (χ2v) is 8.49. The maximum atomic E-state index is 10.4. The molecule has 0 radical (unpaired) electrons. The summed E-state index contributed by atoms with van der Waals surface area (Å²) < 4.78 is 0. The molecular weight excluding hydrogens is 346 g/mol. The molecule has 2 aromatic rings. The maximum absolute atomic E-state index is 10.4. The molecule has 2 aliphatic rings. The van der Waals surface area contributed by atoms with Gasteiger partial charge < -0.3 is 10.2 Å². The number of benzene rings is 1. The Morgan fingerprint density at radius 1 is 1.15 bits per heavy atom. The number of hydrogen-bond acceptors (Lipinski definition) is 4. The number of aliphatic hydroxyl groups excluding tert-OH is 1. The van der Waals surface area contributed by atoms with Gasteiger partial charge in [-0.15, -0.1) is 11.3 Å². The number of likely N-dealkylation sites (tertiary alicyclic amines) is 1. The molecule has 2 atom stereocenters. The lowest BCUT2D eigenvalue weighted by Gasteiger charge is -2.42. The number of piperidine rings is 1. The van der Waals surface area contributed by atoms with E-state index in [1.54, 1.807) is 0 Å². The molecule has 0 bridgehead atoms. The molecule has 1 saturated carbocycles. The second kappa shape index (κ2) is 8.80. The summed E-state index contributed by atoms with van der Waals surface area (Å²) in [7, 11) is 0. The molecule has 0 amide bonds. The molecule has 5 heteroatoms. The highest BCUT2D eigenvalue weighted by Crippen LogP contribution is 2.45. The Bertz CT molecular complexity index is 702. The highest BCUT2D eigenvalue weighted by atomic mass is 32.1. The van der Waals surface area contributed by atoms with Crippen LogP contribution in [0.15, 0.2) is 42.5 Å². The van der Waals surface area contributed by atoms with Crippen LogP contribution in [-0.4, -0.2) is 40.8 Å². The van der Waals surface area contributed by atoms with Crippen molar-refractivity contribution >= 4 is 17.8 Å². The molecule has 2 heterocycles. The van der Waals surface area contributed by atoms with Gasteiger partial charge in [-0.3, -0.25) is 9.69 Å². The SMILES string of the molecule is O=CO.O[C@@H]1CCC[C@]12CCCN(Cc1ccc(-c3ccccc3)s1)C2. The minimum Gasteiger partial charge on any atom is -0.483 e. The zero-order valence-corrected chi connectivity index (χ0v) is 15.8. The van der Waals surface area contributed by atoms with E-state index < -0.39 is 0 Å². The van der Waals surface area contributed by atoms with Crippen molar-refractivity contribution in [3.63, 3.8) is 0 Å². The fourth-order valence-electron chi connectivity index (χ4n) is 4.43. The zero-order valence-electron chi connectivity index (χ0n) is 15.0. The topological polar surface area (TPSA) is 60.8 Å². The summed E-state index contributed by atoms with van der Waals surface area (Å²) in [5.74, 6) is 0. The number of rotatable bonds is 3. The molecular formula is C21H27NO3S. The van der Waals surface area contributed by atoms with Gasteiger partial charge in [0.1, 0.15) is 0 Å². The Morgan fingerprint density at radius 2 is 1.88 bits per heavy atom. The first-order chi connectivity index (χ1) is 12.7. The molecule has 1 spiro atoms. The van der Waals surface area contributed by atoms with E-state index in [1.165, 1.54) is 47.5 Å². The van der Waals surface area contributed by atoms with Crippen LogP contribution >= 0.6 is 11.3 Å². The summed E-state index contributed by atoms with van der Waals surface area (Å²) in [6.45, 7) is 3.03. The van der Waals surface area contributed by atoms with Crippen LogP contribution < -0.4 is 0 Å². The van der Waals surface area contributed by atoms with Crippen molar-refractivity contribution in [2.45, 2.75) is 44.8 Å². The Balaban J connectivity index is 0.000000613. The van der Waals surface area contributed by atoms with Crippen molar-refractivity contribution in [3.05, 3.63) is 47.3 Å². The predicted molar refractivity (Wildman–Crippen MR) is 105 cm³/mol. The minimum atomic E-state index is -0.250. The molecule has 1 aromatic carbocycles. The van der Waals surface area contributed by atoms with Crippen LogP contribution in [-0.2, 0) is 11.3 Å². The fraction of sp³-hybridized carbons (Fsp3) is 0.476. The second-order valence-electron chi connectivity index (χ2n) is 7.32. The first-order valence-electron chi connectivity index (χ1n) is 9.29. The zero-order chi connectivity index (χ0) is 18.4. The molecule has 4 nitrogen and oxygen atoms in total. The summed E-state index contributed by atoms with van der Waals surface area (Å²) in [6.07, 6.45) is 5.79. The average Bonchev–Trinajstić information content (AvgIpc) is 3.24. The van der Waals surface area contributed by atoms with Gasteiger partial charge in [0.25, 0.3) is 6.47 Å². The van der Waals surface area contributed by atoms with E-state index in [1.807, 2.05) is 11.3 Å². The maximum Gasteiger partial charge on any atom is 0.290 e. The van der Waals surface area contributed by atoms with Crippen LogP contribution in [0, 0.1) is 5.41 Å². The molecule has 2 N–H and O–H groups in total. The molecule has 26 heavy (non-hydrogen) atoms. The van der Waals surface area contributed by atoms with Crippen molar-refractivity contribution in [1.82, 2.24) is 4.90 Å². The first-order valence-corrected chi connectivity index (χ1v) is 10.1. The van der Waals surface area contributed by atoms with Crippen molar-refractivity contribution in [3.8, 4) is 10.4 Å². The van der Waals surface area contributed by atoms with Crippen LogP contribution in [0.5, 0.6) is 0 Å². The molecule has 1 aliphatic carbocycles. The summed E-state index contributed by atoms with van der Waals surface area (Å²) in [4.78, 5) is 13.7. The van der Waals surface area contributed by atoms with Gasteiger partial charge in [0.05, 0.1) is 6.10 Å². The molecule has 4 rings (SSSR count). The van der Waals surface area contributed by atoms with Crippen LogP contribution in [0.3, 0.4) is 0 Å². The summed E-state index contributed by atoms with van der Waals surface area (Å²) in [6, 6.07) is 15.2. The highest BCUT2D eigenvalue weighted by Gasteiger charge is 2.44. The van der Waals surface area contributed by atoms with Crippen molar-refractivity contribution in [2.75, 3.05) is 13.1 Å². The van der Waals surface area contributed by atoms with Gasteiger partial charge in [-0.05, 0) is 49.9 Å². The third-order valence-electron chi connectivity index (χ3n) is 5.65. The molecule has 2 fully saturated rings. The van der Waals surface area contributed by atoms with Gasteiger partial charge in [-0.2, -0.15) is 0 Å². The van der Waals surface area contributed by atoms with E-state index in [2.05, 4.69) is 47.4 Å². The van der Waals surface area contributed by atoms with E-state index in [4.69, 9.17) is 9.90 Å². The fourth-order valence-corrected chi connectivity index (χ4v) is 5.49. The molecule has 1 saturated heterocycles. The van der Waals surface area contributed by atoms with Crippen LogP contribution in [0.4, 0.5) is 0 Å². The van der Waals surface area contributed by atoms with E-state index in [0.29, 0.717) is 0 Å². The van der Waals surface area contributed by atoms with E-state index in [-0.39, 0.29) is 18.0 Å². The monoisotopic (exact) mass is 373 g/mol. The molecule has 1 aliphatic heterocycles. The lowest BCUT2D eigenvalue weighted by molar-refractivity contribution is -0.122. The Kier molecular flexibility index (Phi) is 6.46. The summed E-state index contributed by atoms with van der Waals surface area (Å²) >= 11 is 1.91. The minimum absolute atomic E-state index is 0.0754. The van der Waals surface area contributed by atoms with Crippen molar-refractivity contribution in [1.29, 1.82) is 0 Å². The van der Waals surface area contributed by atoms with Gasteiger partial charge in [0.15, 0.2) is 0 Å². The standard InChI is InChI=1S/C20H25NOS.CH2O2/c22-19-8-4-11-20(19)12-5-13-21(15-20)14-17-9-10-18(23-17)16-6-2-1-3-7-16;2-1-3/h1-3,6-7,9-10,19,22H,4-5,8,11-15H2;1H,(H,2,3)/t19-,20-;/m1./s1. The quantitative estimate of drug-likeness (QED) is 0.790. The predicted octanol–water partition coefficient (Wildman–Crippen LogP) is 4.24. The number of carbonyl (C=O) groups is 1. The van der Waals surface area contributed by atoms with Gasteiger partial charge in [0.2, 0.25) is 0 Å². The summed E-state index contributed by atoms with van der Waals surface area (Å²) in [5.41, 5.74) is 1.50. The van der Waals surface area contributed by atoms with Crippen LogP contribution in [0.25, 0.3) is 10.4 Å². The molecule has 140 valence electrons. The number of nitrogens with zero attached hydrogens (tertiary/aromatic N) is 1. The lowest BCUT2D eigenvalue weighted by atomic mass is 9.77. The number of carboxylic acid groups (broad SMARTS) is 1. The third kappa shape index (κ3) is 4.34. The van der Waals surface area contributed by atoms with Crippen molar-refractivity contribution in [2.24, 2.45) is 5.41 Å². The largest absolute Gasteiger partial charge is 0.483 e. The van der Waals surface area contributed by atoms with Crippen LogP contribution in [0.1, 0.15) is 37.0 Å². The van der Waals surface area contributed by atoms with Gasteiger partial charge in [0, 0.05) is 28.3 Å². The highest BCUT2D eigenvalue weighted by molar-refractivity contribution is 7.15. The smallest absolute Gasteiger partial charge is 0.290 e. The number of hydrogen-bond donors (Lipinski definition) is 2. The normalized spacial score (nSPS) is 25.7. The average molecular weight is 374 g/mol. The Morgan fingerprint density at radius 3 is 2.58 bits per heavy atom. The van der Waals surface area contributed by atoms with E-state index >= 15 is 0 Å². The van der Waals surface area contributed by atoms with Crippen molar-refractivity contribution < 1.29 is 15.0 Å². The van der Waals surface area contributed by atoms with Crippen LogP contribution in [0.2, 0.25) is 0 Å². The third-order valence-corrected chi connectivity index (χ3v) is 6.77. The van der Waals surface area contributed by atoms with E-state index in [9.17, 15) is 5.11 Å². The molecule has 1 aromatic heterocycles. The van der Waals surface area contributed by atoms with Gasteiger partial charge in [-0.1, -0.05) is 36.8 Å². The lowest BCUT2D eigenvalue weighted by Crippen LogP contribution is -2.46. The number of aliphatic hydroxyl groups is 1. The summed E-state index contributed by atoms with van der Waals surface area (Å²) in [5, 5.41) is 17.3. The first kappa shape index (κ1) is 19.1. The van der Waals surface area contributed by atoms with Gasteiger partial charge >= 0.3 is 0 Å². The Labute approximate surface area is 159 Å².